The highest BCUT2D eigenvalue weighted by atomic mass is 32.2. The summed E-state index contributed by atoms with van der Waals surface area (Å²) < 4.78 is 40.0. The number of thioether (sulfide) groups is 1. The number of hydrogen-bond donors (Lipinski definition) is 2. The molecule has 2 N–H and O–H groups in total. The molecule has 1 aromatic carbocycles. The molecule has 154 valence electrons. The average Bonchev–Trinajstić information content (AvgIpc) is 3.39. The van der Waals surface area contributed by atoms with E-state index in [9.17, 15) is 18.0 Å². The Morgan fingerprint density at radius 1 is 1.13 bits per heavy atom. The SMILES string of the molecule is O=C(NCc1nnc2ccc(C(F)(F)F)cn12)c1ccc(CSc2ncn[nH]2)cc1. The topological polar surface area (TPSA) is 101 Å². The fourth-order valence-electron chi connectivity index (χ4n) is 2.66. The predicted octanol–water partition coefficient (Wildman–Crippen LogP) is 3.09. The maximum absolute atomic E-state index is 12.9. The summed E-state index contributed by atoms with van der Waals surface area (Å²) >= 11 is 1.48. The number of aromatic amines is 1. The lowest BCUT2D eigenvalue weighted by atomic mass is 10.1. The minimum Gasteiger partial charge on any atom is -0.345 e. The molecule has 0 atom stereocenters. The van der Waals surface area contributed by atoms with Crippen LogP contribution in [-0.4, -0.2) is 35.7 Å². The van der Waals surface area contributed by atoms with E-state index in [-0.39, 0.29) is 23.9 Å². The molecule has 8 nitrogen and oxygen atoms in total. The van der Waals surface area contributed by atoms with Crippen LogP contribution in [0.4, 0.5) is 13.2 Å². The number of amides is 1. The van der Waals surface area contributed by atoms with Crippen LogP contribution in [0.3, 0.4) is 0 Å². The number of aromatic nitrogens is 6. The van der Waals surface area contributed by atoms with Crippen LogP contribution in [0.15, 0.2) is 54.1 Å². The lowest BCUT2D eigenvalue weighted by molar-refractivity contribution is -0.137. The van der Waals surface area contributed by atoms with Gasteiger partial charge in [-0.15, -0.1) is 10.2 Å². The molecule has 1 amide bonds. The van der Waals surface area contributed by atoms with Crippen molar-refractivity contribution in [2.45, 2.75) is 23.6 Å². The fourth-order valence-corrected chi connectivity index (χ4v) is 3.39. The first-order chi connectivity index (χ1) is 14.4. The largest absolute Gasteiger partial charge is 0.417 e. The van der Waals surface area contributed by atoms with Gasteiger partial charge in [-0.05, 0) is 29.8 Å². The Balaban J connectivity index is 1.39. The molecule has 3 heterocycles. The van der Waals surface area contributed by atoms with Gasteiger partial charge in [-0.3, -0.25) is 14.3 Å². The molecule has 0 saturated heterocycles. The molecule has 0 saturated carbocycles. The zero-order chi connectivity index (χ0) is 21.1. The van der Waals surface area contributed by atoms with Gasteiger partial charge in [0, 0.05) is 17.5 Å². The van der Waals surface area contributed by atoms with E-state index in [2.05, 4.69) is 30.7 Å². The quantitative estimate of drug-likeness (QED) is 0.453. The third-order valence-electron chi connectivity index (χ3n) is 4.19. The molecule has 4 aromatic rings. The highest BCUT2D eigenvalue weighted by Gasteiger charge is 2.31. The first kappa shape index (κ1) is 19.9. The number of pyridine rings is 1. The number of alkyl halides is 3. The number of hydrogen-bond acceptors (Lipinski definition) is 6. The second-order valence-electron chi connectivity index (χ2n) is 6.22. The van der Waals surface area contributed by atoms with Gasteiger partial charge in [-0.1, -0.05) is 23.9 Å². The lowest BCUT2D eigenvalue weighted by Crippen LogP contribution is -2.24. The van der Waals surface area contributed by atoms with E-state index in [1.807, 2.05) is 12.1 Å². The van der Waals surface area contributed by atoms with Gasteiger partial charge in [0.05, 0.1) is 12.1 Å². The molecule has 0 unspecified atom stereocenters. The van der Waals surface area contributed by atoms with Crippen LogP contribution < -0.4 is 5.32 Å². The number of carbonyl (C=O) groups excluding carboxylic acids is 1. The van der Waals surface area contributed by atoms with E-state index in [1.165, 1.54) is 28.6 Å². The van der Waals surface area contributed by atoms with Gasteiger partial charge in [-0.2, -0.15) is 18.3 Å². The Labute approximate surface area is 171 Å². The maximum Gasteiger partial charge on any atom is 0.417 e. The summed E-state index contributed by atoms with van der Waals surface area (Å²) in [6.45, 7) is -0.0651. The van der Waals surface area contributed by atoms with Crippen molar-refractivity contribution in [3.8, 4) is 0 Å². The van der Waals surface area contributed by atoms with Crippen molar-refractivity contribution >= 4 is 23.3 Å². The van der Waals surface area contributed by atoms with Crippen molar-refractivity contribution in [1.29, 1.82) is 0 Å². The first-order valence-electron chi connectivity index (χ1n) is 8.66. The van der Waals surface area contributed by atoms with Gasteiger partial charge in [0.15, 0.2) is 16.6 Å². The van der Waals surface area contributed by atoms with Gasteiger partial charge in [0.1, 0.15) is 6.33 Å². The summed E-state index contributed by atoms with van der Waals surface area (Å²) in [4.78, 5) is 16.4. The number of fused-ring (bicyclic) bond motifs is 1. The number of halogens is 3. The number of benzene rings is 1. The lowest BCUT2D eigenvalue weighted by Gasteiger charge is -2.08. The molecule has 0 radical (unpaired) electrons. The first-order valence-corrected chi connectivity index (χ1v) is 9.65. The predicted molar refractivity (Wildman–Crippen MR) is 102 cm³/mol. The van der Waals surface area contributed by atoms with Crippen molar-refractivity contribution < 1.29 is 18.0 Å². The molecule has 30 heavy (non-hydrogen) atoms. The summed E-state index contributed by atoms with van der Waals surface area (Å²) in [6, 6.07) is 9.16. The van der Waals surface area contributed by atoms with Gasteiger partial charge >= 0.3 is 6.18 Å². The normalized spacial score (nSPS) is 11.7. The molecule has 0 bridgehead atoms. The van der Waals surface area contributed by atoms with Crippen molar-refractivity contribution in [2.24, 2.45) is 0 Å². The number of rotatable bonds is 6. The smallest absolute Gasteiger partial charge is 0.345 e. The standard InChI is InChI=1S/C18H14F3N7OS/c19-18(20,21)13-5-6-14-25-26-15(28(14)8-13)7-22-16(29)12-3-1-11(2-4-12)9-30-17-23-10-24-27-17/h1-6,8,10H,7,9H2,(H,22,29)(H,23,24,27). The van der Waals surface area contributed by atoms with E-state index in [0.29, 0.717) is 16.5 Å². The Kier molecular flexibility index (Phi) is 5.40. The molecule has 0 aliphatic rings. The minimum absolute atomic E-state index is 0.0651. The minimum atomic E-state index is -4.48. The number of H-pyrrole nitrogens is 1. The van der Waals surface area contributed by atoms with Crippen LogP contribution in [0, 0.1) is 0 Å². The van der Waals surface area contributed by atoms with E-state index in [0.717, 1.165) is 17.8 Å². The van der Waals surface area contributed by atoms with E-state index < -0.39 is 11.7 Å². The van der Waals surface area contributed by atoms with Crippen molar-refractivity contribution in [3.05, 3.63) is 71.4 Å². The van der Waals surface area contributed by atoms with Crippen LogP contribution in [0.5, 0.6) is 0 Å². The number of carbonyl (C=O) groups is 1. The summed E-state index contributed by atoms with van der Waals surface area (Å²) in [5, 5.41) is 17.6. The van der Waals surface area contributed by atoms with E-state index >= 15 is 0 Å². The molecule has 12 heteroatoms. The van der Waals surface area contributed by atoms with Gasteiger partial charge in [0.2, 0.25) is 0 Å². The van der Waals surface area contributed by atoms with Gasteiger partial charge < -0.3 is 5.32 Å². The van der Waals surface area contributed by atoms with Crippen LogP contribution in [0.25, 0.3) is 5.65 Å². The second kappa shape index (κ2) is 8.14. The Hall–Kier alpha value is -3.41. The summed E-state index contributed by atoms with van der Waals surface area (Å²) in [6.07, 6.45) is -2.14. The molecule has 0 fully saturated rings. The van der Waals surface area contributed by atoms with E-state index in [4.69, 9.17) is 0 Å². The van der Waals surface area contributed by atoms with Gasteiger partial charge in [0.25, 0.3) is 5.91 Å². The van der Waals surface area contributed by atoms with E-state index in [1.54, 1.807) is 12.1 Å². The Morgan fingerprint density at radius 3 is 2.63 bits per heavy atom. The van der Waals surface area contributed by atoms with Crippen LogP contribution in [0.1, 0.15) is 27.3 Å². The molecule has 3 aromatic heterocycles. The average molecular weight is 433 g/mol. The van der Waals surface area contributed by atoms with Crippen molar-refractivity contribution in [1.82, 2.24) is 35.1 Å². The third kappa shape index (κ3) is 4.43. The zero-order valence-electron chi connectivity index (χ0n) is 15.2. The highest BCUT2D eigenvalue weighted by molar-refractivity contribution is 7.98. The molecular weight excluding hydrogens is 419 g/mol. The van der Waals surface area contributed by atoms with Crippen LogP contribution in [0.2, 0.25) is 0 Å². The maximum atomic E-state index is 12.9. The summed E-state index contributed by atoms with van der Waals surface area (Å²) in [7, 11) is 0. The fraction of sp³-hybridized carbons (Fsp3) is 0.167. The Morgan fingerprint density at radius 2 is 1.93 bits per heavy atom. The summed E-state index contributed by atoms with van der Waals surface area (Å²) in [5.41, 5.74) is 0.867. The van der Waals surface area contributed by atoms with Crippen LogP contribution >= 0.6 is 11.8 Å². The monoisotopic (exact) mass is 433 g/mol. The summed E-state index contributed by atoms with van der Waals surface area (Å²) in [5.74, 6) is 0.488. The van der Waals surface area contributed by atoms with Crippen LogP contribution in [-0.2, 0) is 18.5 Å². The molecule has 0 aliphatic carbocycles. The number of nitrogens with one attached hydrogen (secondary N) is 2. The number of nitrogens with zero attached hydrogens (tertiary/aromatic N) is 5. The molecule has 0 spiro atoms. The molecule has 0 aliphatic heterocycles. The van der Waals surface area contributed by atoms with Gasteiger partial charge in [-0.25, -0.2) is 4.98 Å². The Bertz CT molecular complexity index is 1160. The molecular formula is C18H14F3N7OS. The van der Waals surface area contributed by atoms with Crippen molar-refractivity contribution in [2.75, 3.05) is 0 Å². The zero-order valence-corrected chi connectivity index (χ0v) is 16.0. The third-order valence-corrected chi connectivity index (χ3v) is 5.14. The highest BCUT2D eigenvalue weighted by Crippen LogP contribution is 2.29. The second-order valence-corrected chi connectivity index (χ2v) is 7.18. The molecule has 4 rings (SSSR count). The van der Waals surface area contributed by atoms with Crippen molar-refractivity contribution in [3.63, 3.8) is 0 Å².